The van der Waals surface area contributed by atoms with Crippen molar-refractivity contribution in [1.82, 2.24) is 4.90 Å². The van der Waals surface area contributed by atoms with Crippen molar-refractivity contribution in [3.05, 3.63) is 57.3 Å². The second-order valence-electron chi connectivity index (χ2n) is 5.64. The highest BCUT2D eigenvalue weighted by molar-refractivity contribution is 7.14. The lowest BCUT2D eigenvalue weighted by molar-refractivity contribution is -0.146. The van der Waals surface area contributed by atoms with Gasteiger partial charge in [0.05, 0.1) is 16.0 Å². The molecule has 7 heteroatoms. The van der Waals surface area contributed by atoms with Gasteiger partial charge in [-0.25, -0.2) is 4.79 Å². The van der Waals surface area contributed by atoms with Crippen LogP contribution in [0.5, 0.6) is 0 Å². The summed E-state index contributed by atoms with van der Waals surface area (Å²) in [6.07, 6.45) is 0. The largest absolute Gasteiger partial charge is 0.456 e. The van der Waals surface area contributed by atoms with Gasteiger partial charge in [0.2, 0.25) is 5.78 Å². The van der Waals surface area contributed by atoms with E-state index in [-0.39, 0.29) is 16.9 Å². The summed E-state index contributed by atoms with van der Waals surface area (Å²) in [4.78, 5) is 51.2. The number of Topliss-reactive ketones (excluding diaryl/α,β-unsaturated/α-hetero) is 1. The molecule has 0 fully saturated rings. The summed E-state index contributed by atoms with van der Waals surface area (Å²) in [6.45, 7) is 2.86. The van der Waals surface area contributed by atoms with Gasteiger partial charge in [-0.3, -0.25) is 19.3 Å². The molecule has 1 atom stereocenters. The molecular weight excluding hydrogens is 342 g/mol. The van der Waals surface area contributed by atoms with Gasteiger partial charge in [-0.05, 0) is 38.1 Å². The number of ketones is 1. The lowest BCUT2D eigenvalue weighted by Crippen LogP contribution is -2.44. The molecule has 6 nitrogen and oxygen atoms in total. The fraction of sp³-hybridized carbons (Fsp3) is 0.222. The number of thiophene rings is 1. The van der Waals surface area contributed by atoms with Crippen LogP contribution in [0.2, 0.25) is 0 Å². The van der Waals surface area contributed by atoms with Crippen LogP contribution in [-0.2, 0) is 9.53 Å². The average molecular weight is 357 g/mol. The van der Waals surface area contributed by atoms with Crippen LogP contribution in [0.15, 0.2) is 36.4 Å². The van der Waals surface area contributed by atoms with E-state index in [1.54, 1.807) is 24.3 Å². The Balaban J connectivity index is 1.66. The number of nitrogens with zero attached hydrogens (tertiary/aromatic N) is 1. The number of rotatable bonds is 5. The summed E-state index contributed by atoms with van der Waals surface area (Å²) >= 11 is 1.31. The Bertz CT molecular complexity index is 850. The molecule has 0 spiro atoms. The van der Waals surface area contributed by atoms with Gasteiger partial charge in [-0.1, -0.05) is 12.1 Å². The summed E-state index contributed by atoms with van der Waals surface area (Å²) in [5.74, 6) is -2.19. The van der Waals surface area contributed by atoms with Gasteiger partial charge in [0.15, 0.2) is 6.61 Å². The minimum absolute atomic E-state index is 0.261. The third-order valence-electron chi connectivity index (χ3n) is 3.91. The minimum atomic E-state index is -1.11. The maximum Gasteiger partial charge on any atom is 0.329 e. The first kappa shape index (κ1) is 17.0. The third-order valence-corrected chi connectivity index (χ3v) is 4.96. The number of hydrogen-bond acceptors (Lipinski definition) is 6. The topological polar surface area (TPSA) is 80.8 Å². The summed E-state index contributed by atoms with van der Waals surface area (Å²) in [6, 6.07) is 8.75. The number of ether oxygens (including phenoxy) is 1. The predicted octanol–water partition coefficient (Wildman–Crippen LogP) is 2.47. The molecule has 1 aliphatic heterocycles. The molecule has 0 saturated heterocycles. The van der Waals surface area contributed by atoms with E-state index in [0.717, 1.165) is 9.78 Å². The standard InChI is InChI=1S/C18H15NO5S/c1-10-7-8-15(25-10)14(20)9-24-18(23)11(2)19-16(21)12-5-3-4-6-13(12)17(19)22/h3-8,11H,9H2,1-2H3/t11-/m0/s1. The zero-order chi connectivity index (χ0) is 18.1. The second-order valence-corrected chi connectivity index (χ2v) is 6.93. The SMILES string of the molecule is Cc1ccc(C(=O)COC(=O)[C@H](C)N2C(=O)c3ccccc3C2=O)s1. The molecule has 0 N–H and O–H groups in total. The minimum Gasteiger partial charge on any atom is -0.456 e. The van der Waals surface area contributed by atoms with Gasteiger partial charge in [0, 0.05) is 4.88 Å². The van der Waals surface area contributed by atoms with E-state index in [4.69, 9.17) is 4.74 Å². The first-order valence-electron chi connectivity index (χ1n) is 7.63. The molecule has 3 rings (SSSR count). The van der Waals surface area contributed by atoms with E-state index in [1.807, 2.05) is 6.92 Å². The maximum atomic E-state index is 12.3. The van der Waals surface area contributed by atoms with Crippen LogP contribution >= 0.6 is 11.3 Å². The maximum absolute atomic E-state index is 12.3. The molecule has 25 heavy (non-hydrogen) atoms. The Labute approximate surface area is 148 Å². The van der Waals surface area contributed by atoms with E-state index in [0.29, 0.717) is 4.88 Å². The van der Waals surface area contributed by atoms with Crippen molar-refractivity contribution >= 4 is 34.9 Å². The Kier molecular flexibility index (Phi) is 4.50. The van der Waals surface area contributed by atoms with Crippen molar-refractivity contribution in [3.8, 4) is 0 Å². The Morgan fingerprint density at radius 2 is 1.68 bits per heavy atom. The van der Waals surface area contributed by atoms with E-state index in [2.05, 4.69) is 0 Å². The van der Waals surface area contributed by atoms with Gasteiger partial charge >= 0.3 is 5.97 Å². The fourth-order valence-corrected chi connectivity index (χ4v) is 3.37. The van der Waals surface area contributed by atoms with Crippen LogP contribution in [0, 0.1) is 6.92 Å². The molecule has 0 unspecified atom stereocenters. The highest BCUT2D eigenvalue weighted by atomic mass is 32.1. The molecule has 2 aromatic rings. The molecule has 0 radical (unpaired) electrons. The predicted molar refractivity (Wildman–Crippen MR) is 90.7 cm³/mol. The molecule has 1 aromatic heterocycles. The quantitative estimate of drug-likeness (QED) is 0.466. The van der Waals surface area contributed by atoms with Gasteiger partial charge in [0.1, 0.15) is 6.04 Å². The first-order chi connectivity index (χ1) is 11.9. The summed E-state index contributed by atoms with van der Waals surface area (Å²) in [5, 5.41) is 0. The Morgan fingerprint density at radius 1 is 1.08 bits per heavy atom. The zero-order valence-electron chi connectivity index (χ0n) is 13.6. The number of esters is 1. The molecule has 0 aliphatic carbocycles. The van der Waals surface area contributed by atoms with Crippen molar-refractivity contribution in [2.75, 3.05) is 6.61 Å². The van der Waals surface area contributed by atoms with Crippen molar-refractivity contribution < 1.29 is 23.9 Å². The number of benzene rings is 1. The monoisotopic (exact) mass is 357 g/mol. The fourth-order valence-electron chi connectivity index (χ4n) is 2.58. The van der Waals surface area contributed by atoms with Gasteiger partial charge < -0.3 is 4.74 Å². The number of carbonyl (C=O) groups is 4. The van der Waals surface area contributed by atoms with Crippen LogP contribution in [0.1, 0.15) is 42.2 Å². The van der Waals surface area contributed by atoms with Crippen LogP contribution in [0.25, 0.3) is 0 Å². The Morgan fingerprint density at radius 3 is 2.20 bits per heavy atom. The van der Waals surface area contributed by atoms with E-state index in [9.17, 15) is 19.2 Å². The van der Waals surface area contributed by atoms with Crippen molar-refractivity contribution in [1.29, 1.82) is 0 Å². The number of fused-ring (bicyclic) bond motifs is 1. The Hall–Kier alpha value is -2.80. The van der Waals surface area contributed by atoms with E-state index >= 15 is 0 Å². The van der Waals surface area contributed by atoms with Gasteiger partial charge in [-0.2, -0.15) is 0 Å². The van der Waals surface area contributed by atoms with Crippen molar-refractivity contribution in [2.24, 2.45) is 0 Å². The van der Waals surface area contributed by atoms with E-state index in [1.165, 1.54) is 30.4 Å². The highest BCUT2D eigenvalue weighted by Crippen LogP contribution is 2.25. The van der Waals surface area contributed by atoms with Crippen LogP contribution in [0.3, 0.4) is 0 Å². The second kappa shape index (κ2) is 6.60. The summed E-state index contributed by atoms with van der Waals surface area (Å²) in [7, 11) is 0. The molecular formula is C18H15NO5S. The van der Waals surface area contributed by atoms with Crippen LogP contribution in [0.4, 0.5) is 0 Å². The summed E-state index contributed by atoms with van der Waals surface area (Å²) in [5.41, 5.74) is 0.523. The number of carbonyl (C=O) groups excluding carboxylic acids is 4. The van der Waals surface area contributed by atoms with Gasteiger partial charge in [-0.15, -0.1) is 11.3 Å². The highest BCUT2D eigenvalue weighted by Gasteiger charge is 2.41. The molecule has 2 heterocycles. The molecule has 128 valence electrons. The van der Waals surface area contributed by atoms with Crippen LogP contribution < -0.4 is 0 Å². The summed E-state index contributed by atoms with van der Waals surface area (Å²) < 4.78 is 5.01. The normalized spacial score (nSPS) is 14.4. The average Bonchev–Trinajstić information content (AvgIpc) is 3.15. The zero-order valence-corrected chi connectivity index (χ0v) is 14.5. The van der Waals surface area contributed by atoms with Crippen molar-refractivity contribution in [2.45, 2.75) is 19.9 Å². The number of aryl methyl sites for hydroxylation is 1. The smallest absolute Gasteiger partial charge is 0.329 e. The lowest BCUT2D eigenvalue weighted by atomic mass is 10.1. The number of imide groups is 1. The molecule has 1 aliphatic rings. The lowest BCUT2D eigenvalue weighted by Gasteiger charge is -2.20. The molecule has 0 bridgehead atoms. The molecule has 1 aromatic carbocycles. The number of hydrogen-bond donors (Lipinski definition) is 0. The first-order valence-corrected chi connectivity index (χ1v) is 8.45. The molecule has 2 amide bonds. The van der Waals surface area contributed by atoms with Crippen LogP contribution in [-0.4, -0.2) is 41.1 Å². The van der Waals surface area contributed by atoms with E-state index < -0.39 is 30.4 Å². The molecule has 0 saturated carbocycles. The third kappa shape index (κ3) is 3.10. The number of amides is 2. The van der Waals surface area contributed by atoms with Gasteiger partial charge in [0.25, 0.3) is 11.8 Å². The van der Waals surface area contributed by atoms with Crippen molar-refractivity contribution in [3.63, 3.8) is 0 Å².